The summed E-state index contributed by atoms with van der Waals surface area (Å²) in [6, 6.07) is 12.9. The zero-order chi connectivity index (χ0) is 21.6. The van der Waals surface area contributed by atoms with E-state index < -0.39 is 5.97 Å². The molecular formula is C23H30N2O3S. The minimum absolute atomic E-state index is 0.0473. The van der Waals surface area contributed by atoms with E-state index >= 15 is 0 Å². The first-order valence-electron chi connectivity index (χ1n) is 9.78. The van der Waals surface area contributed by atoms with E-state index in [-0.39, 0.29) is 11.0 Å². The van der Waals surface area contributed by atoms with E-state index in [0.717, 1.165) is 23.5 Å². The Kier molecular flexibility index (Phi) is 7.73. The molecule has 0 radical (unpaired) electrons. The SMILES string of the molecule is CCN(CC)c1ccc(C(CSc2ccc(C(=O)O)cc2)=NO)cc1C(C)(C)C. The number of anilines is 1. The summed E-state index contributed by atoms with van der Waals surface area (Å²) in [6.45, 7) is 12.7. The van der Waals surface area contributed by atoms with E-state index in [4.69, 9.17) is 5.11 Å². The van der Waals surface area contributed by atoms with Crippen LogP contribution in [0.2, 0.25) is 0 Å². The molecule has 6 heteroatoms. The molecule has 0 unspecified atom stereocenters. The Morgan fingerprint density at radius 3 is 2.10 bits per heavy atom. The van der Waals surface area contributed by atoms with Crippen molar-refractivity contribution in [3.05, 3.63) is 59.2 Å². The molecule has 0 saturated carbocycles. The number of hydrogen-bond donors (Lipinski definition) is 2. The maximum absolute atomic E-state index is 11.0. The van der Waals surface area contributed by atoms with Crippen molar-refractivity contribution in [2.75, 3.05) is 23.7 Å². The fourth-order valence-corrected chi connectivity index (χ4v) is 4.03. The number of carboxylic acid groups (broad SMARTS) is 1. The number of carboxylic acids is 1. The molecule has 2 aromatic rings. The van der Waals surface area contributed by atoms with Gasteiger partial charge in [0, 0.05) is 35.0 Å². The monoisotopic (exact) mass is 414 g/mol. The second-order valence-electron chi connectivity index (χ2n) is 7.82. The zero-order valence-electron chi connectivity index (χ0n) is 17.8. The predicted octanol–water partition coefficient (Wildman–Crippen LogP) is 5.50. The topological polar surface area (TPSA) is 73.1 Å². The molecule has 2 rings (SSSR count). The summed E-state index contributed by atoms with van der Waals surface area (Å²) in [5.41, 5.74) is 4.12. The number of aromatic carboxylic acids is 1. The van der Waals surface area contributed by atoms with Crippen LogP contribution in [0.4, 0.5) is 5.69 Å². The Balaban J connectivity index is 2.27. The van der Waals surface area contributed by atoms with E-state index in [2.05, 4.69) is 56.8 Å². The predicted molar refractivity (Wildman–Crippen MR) is 121 cm³/mol. The van der Waals surface area contributed by atoms with Crippen molar-refractivity contribution in [3.63, 3.8) is 0 Å². The summed E-state index contributed by atoms with van der Waals surface area (Å²) in [4.78, 5) is 14.2. The Morgan fingerprint density at radius 1 is 1.03 bits per heavy atom. The molecule has 2 aromatic carbocycles. The lowest BCUT2D eigenvalue weighted by Crippen LogP contribution is -2.26. The first-order chi connectivity index (χ1) is 13.7. The lowest BCUT2D eigenvalue weighted by Gasteiger charge is -2.30. The lowest BCUT2D eigenvalue weighted by atomic mass is 9.84. The second kappa shape index (κ2) is 9.83. The van der Waals surface area contributed by atoms with Gasteiger partial charge in [0.05, 0.1) is 11.3 Å². The van der Waals surface area contributed by atoms with Gasteiger partial charge in [-0.25, -0.2) is 4.79 Å². The van der Waals surface area contributed by atoms with Gasteiger partial charge in [0.25, 0.3) is 0 Å². The highest BCUT2D eigenvalue weighted by Gasteiger charge is 2.22. The molecule has 0 fully saturated rings. The number of nitrogens with zero attached hydrogens (tertiary/aromatic N) is 2. The largest absolute Gasteiger partial charge is 0.478 e. The van der Waals surface area contributed by atoms with Crippen LogP contribution in [0.5, 0.6) is 0 Å². The number of benzene rings is 2. The number of rotatable bonds is 8. The molecule has 0 bridgehead atoms. The second-order valence-corrected chi connectivity index (χ2v) is 8.87. The van der Waals surface area contributed by atoms with Crippen LogP contribution >= 0.6 is 11.8 Å². The molecule has 156 valence electrons. The van der Waals surface area contributed by atoms with Crippen molar-refractivity contribution >= 4 is 29.1 Å². The first-order valence-corrected chi connectivity index (χ1v) is 10.8. The van der Waals surface area contributed by atoms with Gasteiger partial charge in [-0.1, -0.05) is 32.0 Å². The third-order valence-corrected chi connectivity index (χ3v) is 5.86. The van der Waals surface area contributed by atoms with Crippen LogP contribution in [0.1, 0.15) is 56.1 Å². The Labute approximate surface area is 177 Å². The third kappa shape index (κ3) is 5.76. The van der Waals surface area contributed by atoms with Crippen molar-refractivity contribution in [1.82, 2.24) is 0 Å². The molecule has 0 atom stereocenters. The summed E-state index contributed by atoms with van der Waals surface area (Å²) in [6.07, 6.45) is 0. The van der Waals surface area contributed by atoms with Crippen LogP contribution in [0.3, 0.4) is 0 Å². The average molecular weight is 415 g/mol. The van der Waals surface area contributed by atoms with E-state index in [1.807, 2.05) is 6.07 Å². The maximum Gasteiger partial charge on any atom is 0.335 e. The van der Waals surface area contributed by atoms with Crippen LogP contribution in [0, 0.1) is 0 Å². The number of carbonyl (C=O) groups is 1. The van der Waals surface area contributed by atoms with Crippen molar-refractivity contribution in [2.45, 2.75) is 44.9 Å². The standard InChI is InChI=1S/C23H30N2O3S/c1-6-25(7-2)21-13-10-17(14-19(21)23(3,4)5)20(24-28)15-29-18-11-8-16(9-12-18)22(26)27/h8-14,28H,6-7,15H2,1-5H3,(H,26,27). The van der Waals surface area contributed by atoms with Gasteiger partial charge in [0.1, 0.15) is 0 Å². The third-order valence-electron chi connectivity index (χ3n) is 4.84. The maximum atomic E-state index is 11.0. The minimum atomic E-state index is -0.942. The molecule has 0 aliphatic heterocycles. The minimum Gasteiger partial charge on any atom is -0.478 e. The fourth-order valence-electron chi connectivity index (χ4n) is 3.17. The fraction of sp³-hybridized carbons (Fsp3) is 0.391. The van der Waals surface area contributed by atoms with Gasteiger partial charge >= 0.3 is 5.97 Å². The van der Waals surface area contributed by atoms with Crippen LogP contribution in [-0.4, -0.2) is 40.8 Å². The molecule has 0 aliphatic carbocycles. The molecule has 0 aliphatic rings. The van der Waals surface area contributed by atoms with Crippen LogP contribution in [0.25, 0.3) is 0 Å². The molecular weight excluding hydrogens is 384 g/mol. The Morgan fingerprint density at radius 2 is 1.62 bits per heavy atom. The zero-order valence-corrected chi connectivity index (χ0v) is 18.6. The van der Waals surface area contributed by atoms with E-state index in [0.29, 0.717) is 11.5 Å². The molecule has 5 nitrogen and oxygen atoms in total. The summed E-state index contributed by atoms with van der Waals surface area (Å²) < 4.78 is 0. The van der Waals surface area contributed by atoms with Gasteiger partial charge in [-0.3, -0.25) is 0 Å². The molecule has 2 N–H and O–H groups in total. The van der Waals surface area contributed by atoms with Gasteiger partial charge in [0.15, 0.2) is 0 Å². The van der Waals surface area contributed by atoms with E-state index in [9.17, 15) is 10.0 Å². The highest BCUT2D eigenvalue weighted by Crippen LogP contribution is 2.33. The molecule has 0 heterocycles. The van der Waals surface area contributed by atoms with Crippen LogP contribution < -0.4 is 4.90 Å². The van der Waals surface area contributed by atoms with E-state index in [1.165, 1.54) is 23.0 Å². The molecule has 0 aromatic heterocycles. The summed E-state index contributed by atoms with van der Waals surface area (Å²) in [5.74, 6) is -0.459. The molecule has 0 amide bonds. The van der Waals surface area contributed by atoms with Gasteiger partial charge in [-0.15, -0.1) is 11.8 Å². The summed E-state index contributed by atoms with van der Waals surface area (Å²) in [7, 11) is 0. The molecule has 0 spiro atoms. The molecule has 29 heavy (non-hydrogen) atoms. The van der Waals surface area contributed by atoms with Crippen molar-refractivity contribution < 1.29 is 15.1 Å². The number of thioether (sulfide) groups is 1. The van der Waals surface area contributed by atoms with Gasteiger partial charge in [-0.05, 0) is 61.2 Å². The lowest BCUT2D eigenvalue weighted by molar-refractivity contribution is 0.0697. The van der Waals surface area contributed by atoms with E-state index in [1.54, 1.807) is 24.3 Å². The van der Waals surface area contributed by atoms with Gasteiger partial charge in [-0.2, -0.15) is 0 Å². The smallest absolute Gasteiger partial charge is 0.335 e. The summed E-state index contributed by atoms with van der Waals surface area (Å²) >= 11 is 1.51. The quantitative estimate of drug-likeness (QED) is 0.258. The normalized spacial score (nSPS) is 12.1. The number of hydrogen-bond acceptors (Lipinski definition) is 5. The van der Waals surface area contributed by atoms with Gasteiger partial charge in [0.2, 0.25) is 0 Å². The Bertz CT molecular complexity index is 867. The van der Waals surface area contributed by atoms with Crippen molar-refractivity contribution in [3.8, 4) is 0 Å². The Hall–Kier alpha value is -2.47. The number of oxime groups is 1. The average Bonchev–Trinajstić information content (AvgIpc) is 2.69. The van der Waals surface area contributed by atoms with Crippen LogP contribution in [0.15, 0.2) is 52.5 Å². The molecule has 0 saturated heterocycles. The highest BCUT2D eigenvalue weighted by atomic mass is 32.2. The van der Waals surface area contributed by atoms with Crippen LogP contribution in [-0.2, 0) is 5.41 Å². The van der Waals surface area contributed by atoms with Crippen molar-refractivity contribution in [2.24, 2.45) is 5.16 Å². The first kappa shape index (κ1) is 22.8. The van der Waals surface area contributed by atoms with Gasteiger partial charge < -0.3 is 15.2 Å². The summed E-state index contributed by atoms with van der Waals surface area (Å²) in [5, 5.41) is 22.2. The highest BCUT2D eigenvalue weighted by molar-refractivity contribution is 8.00. The van der Waals surface area contributed by atoms with Crippen molar-refractivity contribution in [1.29, 1.82) is 0 Å².